The van der Waals surface area contributed by atoms with Crippen molar-refractivity contribution in [1.82, 2.24) is 4.90 Å². The van der Waals surface area contributed by atoms with Crippen LogP contribution in [0, 0.1) is 11.6 Å². The Kier molecular flexibility index (Phi) is 5.09. The predicted octanol–water partition coefficient (Wildman–Crippen LogP) is 2.99. The third kappa shape index (κ3) is 3.73. The Balaban J connectivity index is 1.86. The first-order valence-corrected chi connectivity index (χ1v) is 6.89. The summed E-state index contributed by atoms with van der Waals surface area (Å²) in [6, 6.07) is 2.63. The summed E-state index contributed by atoms with van der Waals surface area (Å²) >= 11 is 3.08. The second kappa shape index (κ2) is 6.59. The minimum atomic E-state index is -0.469. The topological polar surface area (TPSA) is 12.5 Å². The van der Waals surface area contributed by atoms with E-state index in [1.165, 1.54) is 12.1 Å². The molecule has 1 fully saturated rings. The average Bonchev–Trinajstić information content (AvgIpc) is 2.34. The van der Waals surface area contributed by atoms with Crippen molar-refractivity contribution in [2.24, 2.45) is 0 Å². The van der Waals surface area contributed by atoms with Crippen LogP contribution >= 0.6 is 15.9 Å². The van der Waals surface area contributed by atoms with Crippen LogP contribution in [0.5, 0.6) is 0 Å². The number of nitrogens with zero attached hydrogens (tertiary/aromatic N) is 1. The van der Waals surface area contributed by atoms with Gasteiger partial charge in [0.25, 0.3) is 0 Å². The zero-order valence-electron chi connectivity index (χ0n) is 10.1. The Bertz CT molecular complexity index is 385. The van der Waals surface area contributed by atoms with E-state index in [-0.39, 0.29) is 5.56 Å². The minimum absolute atomic E-state index is 0.187. The standard InChI is InChI=1S/C13H16BrF2NO/c14-10-8-12(15)11(13(16)9-10)2-1-3-17-4-6-18-7-5-17/h8-9H,1-7H2. The summed E-state index contributed by atoms with van der Waals surface area (Å²) in [4.78, 5) is 2.26. The molecule has 1 aliphatic rings. The maximum absolute atomic E-state index is 13.6. The lowest BCUT2D eigenvalue weighted by Gasteiger charge is -2.26. The Hall–Kier alpha value is -0.520. The van der Waals surface area contributed by atoms with E-state index in [2.05, 4.69) is 20.8 Å². The van der Waals surface area contributed by atoms with Crippen LogP contribution in [0.15, 0.2) is 16.6 Å². The van der Waals surface area contributed by atoms with Crippen molar-refractivity contribution in [3.63, 3.8) is 0 Å². The van der Waals surface area contributed by atoms with Gasteiger partial charge in [0.15, 0.2) is 0 Å². The van der Waals surface area contributed by atoms with Crippen molar-refractivity contribution in [3.8, 4) is 0 Å². The number of morpholine rings is 1. The maximum atomic E-state index is 13.6. The Labute approximate surface area is 114 Å². The zero-order chi connectivity index (χ0) is 13.0. The highest BCUT2D eigenvalue weighted by Gasteiger charge is 2.13. The van der Waals surface area contributed by atoms with Gasteiger partial charge in [0.2, 0.25) is 0 Å². The minimum Gasteiger partial charge on any atom is -0.379 e. The van der Waals surface area contributed by atoms with Crippen molar-refractivity contribution in [1.29, 1.82) is 0 Å². The molecule has 18 heavy (non-hydrogen) atoms. The van der Waals surface area contributed by atoms with Crippen LogP contribution in [-0.4, -0.2) is 37.7 Å². The van der Waals surface area contributed by atoms with Crippen LogP contribution in [0.2, 0.25) is 0 Å². The Morgan fingerprint density at radius 1 is 1.17 bits per heavy atom. The van der Waals surface area contributed by atoms with Crippen molar-refractivity contribution in [2.45, 2.75) is 12.8 Å². The quantitative estimate of drug-likeness (QED) is 0.846. The number of hydrogen-bond donors (Lipinski definition) is 0. The third-order valence-corrected chi connectivity index (χ3v) is 3.57. The van der Waals surface area contributed by atoms with Gasteiger partial charge in [-0.2, -0.15) is 0 Å². The molecule has 0 saturated carbocycles. The number of ether oxygens (including phenoxy) is 1. The molecule has 0 amide bonds. The lowest BCUT2D eigenvalue weighted by atomic mass is 10.1. The molecule has 1 aromatic rings. The number of benzene rings is 1. The van der Waals surface area contributed by atoms with E-state index in [0.29, 0.717) is 10.9 Å². The first kappa shape index (κ1) is 13.9. The van der Waals surface area contributed by atoms with Crippen molar-refractivity contribution in [3.05, 3.63) is 33.8 Å². The molecule has 0 bridgehead atoms. The molecular weight excluding hydrogens is 304 g/mol. The maximum Gasteiger partial charge on any atom is 0.130 e. The molecule has 2 rings (SSSR count). The molecule has 1 aliphatic heterocycles. The van der Waals surface area contributed by atoms with Crippen LogP contribution < -0.4 is 0 Å². The molecule has 100 valence electrons. The van der Waals surface area contributed by atoms with Gasteiger partial charge in [-0.25, -0.2) is 8.78 Å². The molecule has 1 heterocycles. The van der Waals surface area contributed by atoms with E-state index < -0.39 is 11.6 Å². The molecule has 0 N–H and O–H groups in total. The molecule has 0 atom stereocenters. The highest BCUT2D eigenvalue weighted by atomic mass is 79.9. The van der Waals surface area contributed by atoms with Crippen LogP contribution in [0.3, 0.4) is 0 Å². The fourth-order valence-corrected chi connectivity index (χ4v) is 2.52. The van der Waals surface area contributed by atoms with E-state index in [1.54, 1.807) is 0 Å². The normalized spacial score (nSPS) is 17.1. The van der Waals surface area contributed by atoms with Gasteiger partial charge in [-0.15, -0.1) is 0 Å². The molecule has 0 aromatic heterocycles. The van der Waals surface area contributed by atoms with E-state index >= 15 is 0 Å². The average molecular weight is 320 g/mol. The van der Waals surface area contributed by atoms with Crippen molar-refractivity contribution >= 4 is 15.9 Å². The number of hydrogen-bond acceptors (Lipinski definition) is 2. The first-order chi connectivity index (χ1) is 8.66. The molecule has 0 radical (unpaired) electrons. The first-order valence-electron chi connectivity index (χ1n) is 6.10. The summed E-state index contributed by atoms with van der Waals surface area (Å²) in [6.45, 7) is 4.18. The second-order valence-electron chi connectivity index (χ2n) is 4.41. The van der Waals surface area contributed by atoms with E-state index in [4.69, 9.17) is 4.74 Å². The molecule has 1 saturated heterocycles. The van der Waals surface area contributed by atoms with Gasteiger partial charge in [0, 0.05) is 23.1 Å². The van der Waals surface area contributed by atoms with Gasteiger partial charge in [-0.3, -0.25) is 4.90 Å². The largest absolute Gasteiger partial charge is 0.379 e. The SMILES string of the molecule is Fc1cc(Br)cc(F)c1CCCN1CCOCC1. The van der Waals surface area contributed by atoms with E-state index in [1.807, 2.05) is 0 Å². The van der Waals surface area contributed by atoms with Crippen LogP contribution in [0.25, 0.3) is 0 Å². The lowest BCUT2D eigenvalue weighted by Crippen LogP contribution is -2.37. The van der Waals surface area contributed by atoms with E-state index in [0.717, 1.165) is 39.3 Å². The summed E-state index contributed by atoms with van der Waals surface area (Å²) in [6.07, 6.45) is 1.19. The Morgan fingerprint density at radius 2 is 1.78 bits per heavy atom. The summed E-state index contributed by atoms with van der Waals surface area (Å²) in [7, 11) is 0. The van der Waals surface area contributed by atoms with E-state index in [9.17, 15) is 8.78 Å². The van der Waals surface area contributed by atoms with Crippen LogP contribution in [0.4, 0.5) is 8.78 Å². The zero-order valence-corrected chi connectivity index (χ0v) is 11.7. The van der Waals surface area contributed by atoms with Crippen LogP contribution in [0.1, 0.15) is 12.0 Å². The monoisotopic (exact) mass is 319 g/mol. The molecular formula is C13H16BrF2NO. The second-order valence-corrected chi connectivity index (χ2v) is 5.32. The predicted molar refractivity (Wildman–Crippen MR) is 69.6 cm³/mol. The fraction of sp³-hybridized carbons (Fsp3) is 0.538. The molecule has 0 spiro atoms. The Morgan fingerprint density at radius 3 is 2.39 bits per heavy atom. The highest BCUT2D eigenvalue weighted by Crippen LogP contribution is 2.20. The third-order valence-electron chi connectivity index (χ3n) is 3.11. The summed E-state index contributed by atoms with van der Waals surface area (Å²) in [5.41, 5.74) is 0.187. The van der Waals surface area contributed by atoms with Gasteiger partial charge in [-0.1, -0.05) is 15.9 Å². The molecule has 0 aliphatic carbocycles. The fourth-order valence-electron chi connectivity index (χ4n) is 2.12. The molecule has 2 nitrogen and oxygen atoms in total. The molecule has 5 heteroatoms. The van der Waals surface area contributed by atoms with Gasteiger partial charge < -0.3 is 4.74 Å². The van der Waals surface area contributed by atoms with Gasteiger partial charge in [0.1, 0.15) is 11.6 Å². The number of rotatable bonds is 4. The number of halogens is 3. The molecule has 1 aromatic carbocycles. The van der Waals surface area contributed by atoms with Gasteiger partial charge in [0.05, 0.1) is 13.2 Å². The highest BCUT2D eigenvalue weighted by molar-refractivity contribution is 9.10. The van der Waals surface area contributed by atoms with Gasteiger partial charge in [-0.05, 0) is 31.5 Å². The molecule has 0 unspecified atom stereocenters. The summed E-state index contributed by atoms with van der Waals surface area (Å²) in [5.74, 6) is -0.937. The van der Waals surface area contributed by atoms with Crippen LogP contribution in [-0.2, 0) is 11.2 Å². The summed E-state index contributed by atoms with van der Waals surface area (Å²) in [5, 5.41) is 0. The lowest BCUT2D eigenvalue weighted by molar-refractivity contribution is 0.0374. The van der Waals surface area contributed by atoms with Crippen molar-refractivity contribution < 1.29 is 13.5 Å². The van der Waals surface area contributed by atoms with Crippen molar-refractivity contribution in [2.75, 3.05) is 32.8 Å². The smallest absolute Gasteiger partial charge is 0.130 e. The summed E-state index contributed by atoms with van der Waals surface area (Å²) < 4.78 is 32.8. The van der Waals surface area contributed by atoms with Gasteiger partial charge >= 0.3 is 0 Å².